The molecular weight excluding hydrogens is 223 g/mol. The molecule has 1 unspecified atom stereocenters. The molecule has 0 bridgehead atoms. The van der Waals surface area contributed by atoms with Gasteiger partial charge in [0.05, 0.1) is 11.0 Å². The largest absolute Gasteiger partial charge is 0.382 e. The molecule has 90 valence electrons. The van der Waals surface area contributed by atoms with Gasteiger partial charge in [-0.25, -0.2) is 4.39 Å². The Morgan fingerprint density at radius 3 is 2.76 bits per heavy atom. The van der Waals surface area contributed by atoms with E-state index >= 15 is 0 Å². The summed E-state index contributed by atoms with van der Waals surface area (Å²) >= 11 is 0. The number of hydrogen-bond donors (Lipinski definition) is 1. The van der Waals surface area contributed by atoms with E-state index in [9.17, 15) is 14.5 Å². The Hall–Kier alpha value is -1.65. The summed E-state index contributed by atoms with van der Waals surface area (Å²) in [6, 6.07) is 4.03. The van der Waals surface area contributed by atoms with Crippen LogP contribution in [0.2, 0.25) is 0 Å². The first-order valence-electron chi connectivity index (χ1n) is 5.85. The lowest BCUT2D eigenvalue weighted by atomic mass is 10.1. The van der Waals surface area contributed by atoms with Gasteiger partial charge in [-0.2, -0.15) is 0 Å². The number of fused-ring (bicyclic) bond motifs is 1. The van der Waals surface area contributed by atoms with Gasteiger partial charge in [0.25, 0.3) is 5.69 Å². The molecule has 1 aromatic carbocycles. The van der Waals surface area contributed by atoms with Gasteiger partial charge in [0.2, 0.25) is 0 Å². The molecule has 3 atom stereocenters. The second-order valence-corrected chi connectivity index (χ2v) is 4.94. The molecule has 2 saturated carbocycles. The topological polar surface area (TPSA) is 55.2 Å². The van der Waals surface area contributed by atoms with Crippen molar-refractivity contribution in [3.63, 3.8) is 0 Å². The molecule has 0 aliphatic heterocycles. The fourth-order valence-corrected chi connectivity index (χ4v) is 2.86. The summed E-state index contributed by atoms with van der Waals surface area (Å²) in [5, 5.41) is 13.9. The Morgan fingerprint density at radius 1 is 1.35 bits per heavy atom. The molecule has 0 heterocycles. The van der Waals surface area contributed by atoms with E-state index in [4.69, 9.17) is 0 Å². The highest BCUT2D eigenvalue weighted by Crippen LogP contribution is 2.52. The molecule has 2 fully saturated rings. The van der Waals surface area contributed by atoms with Crippen LogP contribution in [0.15, 0.2) is 18.2 Å². The first-order chi connectivity index (χ1) is 8.13. The minimum atomic E-state index is -0.567. The fraction of sp³-hybridized carbons (Fsp3) is 0.500. The molecule has 0 radical (unpaired) electrons. The van der Waals surface area contributed by atoms with E-state index in [2.05, 4.69) is 5.32 Å². The van der Waals surface area contributed by atoms with E-state index in [0.29, 0.717) is 17.6 Å². The summed E-state index contributed by atoms with van der Waals surface area (Å²) < 4.78 is 13.2. The van der Waals surface area contributed by atoms with Crippen LogP contribution in [-0.4, -0.2) is 11.0 Å². The van der Waals surface area contributed by atoms with Crippen LogP contribution in [0, 0.1) is 27.8 Å². The van der Waals surface area contributed by atoms with E-state index in [1.54, 1.807) is 0 Å². The molecule has 17 heavy (non-hydrogen) atoms. The number of nitro benzene ring substituents is 1. The van der Waals surface area contributed by atoms with Crippen LogP contribution in [0.1, 0.15) is 19.3 Å². The highest BCUT2D eigenvalue weighted by atomic mass is 19.1. The van der Waals surface area contributed by atoms with Crippen LogP contribution in [0.5, 0.6) is 0 Å². The van der Waals surface area contributed by atoms with E-state index in [-0.39, 0.29) is 5.69 Å². The standard InChI is InChI=1S/C12H13FN2O2/c13-8-4-9(6-10(5-8)15(16)17)14-12-2-1-7-3-11(7)12/h4-7,11-12,14H,1-3H2/t7-,11+,12?/m0/s1. The minimum absolute atomic E-state index is 0.196. The highest BCUT2D eigenvalue weighted by Gasteiger charge is 2.47. The predicted octanol–water partition coefficient (Wildman–Crippen LogP) is 2.94. The first kappa shape index (κ1) is 10.5. The number of rotatable bonds is 3. The zero-order valence-corrected chi connectivity index (χ0v) is 9.23. The Bertz CT molecular complexity index is 478. The zero-order valence-electron chi connectivity index (χ0n) is 9.23. The molecule has 0 amide bonds. The molecule has 1 N–H and O–H groups in total. The average molecular weight is 236 g/mol. The van der Waals surface area contributed by atoms with Crippen LogP contribution in [0.25, 0.3) is 0 Å². The third-order valence-electron chi connectivity index (χ3n) is 3.79. The quantitative estimate of drug-likeness (QED) is 0.648. The van der Waals surface area contributed by atoms with E-state index in [0.717, 1.165) is 18.4 Å². The second kappa shape index (κ2) is 3.68. The molecule has 1 aromatic rings. The fourth-order valence-electron chi connectivity index (χ4n) is 2.86. The van der Waals surface area contributed by atoms with Gasteiger partial charge in [-0.15, -0.1) is 0 Å². The van der Waals surface area contributed by atoms with Crippen molar-refractivity contribution in [2.24, 2.45) is 11.8 Å². The maximum absolute atomic E-state index is 13.2. The Labute approximate surface area is 98.0 Å². The van der Waals surface area contributed by atoms with Crippen molar-refractivity contribution >= 4 is 11.4 Å². The zero-order chi connectivity index (χ0) is 12.0. The molecule has 2 aliphatic carbocycles. The van der Waals surface area contributed by atoms with Gasteiger partial charge in [-0.1, -0.05) is 0 Å². The maximum Gasteiger partial charge on any atom is 0.274 e. The Morgan fingerprint density at radius 2 is 2.18 bits per heavy atom. The van der Waals surface area contributed by atoms with Gasteiger partial charge in [-0.3, -0.25) is 10.1 Å². The lowest BCUT2D eigenvalue weighted by molar-refractivity contribution is -0.385. The molecule has 5 heteroatoms. The van der Waals surface area contributed by atoms with Crippen molar-refractivity contribution in [1.82, 2.24) is 0 Å². The number of non-ortho nitro benzene ring substituents is 1. The average Bonchev–Trinajstić information content (AvgIpc) is 2.95. The minimum Gasteiger partial charge on any atom is -0.382 e. The summed E-state index contributed by atoms with van der Waals surface area (Å²) in [4.78, 5) is 10.1. The van der Waals surface area contributed by atoms with Crippen LogP contribution >= 0.6 is 0 Å². The molecule has 0 saturated heterocycles. The normalized spacial score (nSPS) is 29.8. The third-order valence-corrected chi connectivity index (χ3v) is 3.79. The Balaban J connectivity index is 1.79. The predicted molar refractivity (Wildman–Crippen MR) is 61.3 cm³/mol. The van der Waals surface area contributed by atoms with Crippen LogP contribution in [0.4, 0.5) is 15.8 Å². The first-order valence-corrected chi connectivity index (χ1v) is 5.85. The number of anilines is 1. The lowest BCUT2D eigenvalue weighted by Crippen LogP contribution is -2.18. The van der Waals surface area contributed by atoms with Crippen LogP contribution < -0.4 is 5.32 Å². The smallest absolute Gasteiger partial charge is 0.274 e. The van der Waals surface area contributed by atoms with Gasteiger partial charge < -0.3 is 5.32 Å². The van der Waals surface area contributed by atoms with E-state index in [1.807, 2.05) is 0 Å². The van der Waals surface area contributed by atoms with Crippen LogP contribution in [-0.2, 0) is 0 Å². The Kier molecular flexibility index (Phi) is 2.28. The highest BCUT2D eigenvalue weighted by molar-refractivity contribution is 5.52. The number of halogens is 1. The van der Waals surface area contributed by atoms with Gasteiger partial charge >= 0.3 is 0 Å². The SMILES string of the molecule is O=[N+]([O-])c1cc(F)cc(NC2CC[C@H]3C[C@@H]23)c1. The van der Waals surface area contributed by atoms with Crippen molar-refractivity contribution in [3.05, 3.63) is 34.1 Å². The number of nitrogens with zero attached hydrogens (tertiary/aromatic N) is 1. The van der Waals surface area contributed by atoms with Gasteiger partial charge in [-0.05, 0) is 37.2 Å². The van der Waals surface area contributed by atoms with Crippen molar-refractivity contribution in [1.29, 1.82) is 0 Å². The van der Waals surface area contributed by atoms with E-state index in [1.165, 1.54) is 25.0 Å². The molecule has 0 spiro atoms. The van der Waals surface area contributed by atoms with Crippen molar-refractivity contribution < 1.29 is 9.31 Å². The summed E-state index contributed by atoms with van der Waals surface area (Å²) in [6.07, 6.45) is 3.55. The van der Waals surface area contributed by atoms with Crippen molar-refractivity contribution in [2.45, 2.75) is 25.3 Å². The summed E-state index contributed by atoms with van der Waals surface area (Å²) in [6.45, 7) is 0. The monoisotopic (exact) mass is 236 g/mol. The second-order valence-electron chi connectivity index (χ2n) is 4.94. The van der Waals surface area contributed by atoms with Gasteiger partial charge in [0.1, 0.15) is 5.82 Å². The maximum atomic E-state index is 13.2. The number of nitrogens with one attached hydrogen (secondary N) is 1. The molecule has 2 aliphatic rings. The lowest BCUT2D eigenvalue weighted by Gasteiger charge is -2.15. The molecule has 0 aromatic heterocycles. The molecule has 4 nitrogen and oxygen atoms in total. The van der Waals surface area contributed by atoms with Gasteiger partial charge in [0.15, 0.2) is 0 Å². The number of benzene rings is 1. The summed E-state index contributed by atoms with van der Waals surface area (Å²) in [7, 11) is 0. The van der Waals surface area contributed by atoms with E-state index < -0.39 is 10.7 Å². The van der Waals surface area contributed by atoms with Gasteiger partial charge in [0, 0.05) is 17.8 Å². The van der Waals surface area contributed by atoms with Crippen molar-refractivity contribution in [2.75, 3.05) is 5.32 Å². The van der Waals surface area contributed by atoms with Crippen LogP contribution in [0.3, 0.4) is 0 Å². The number of hydrogen-bond acceptors (Lipinski definition) is 3. The third kappa shape index (κ3) is 1.97. The van der Waals surface area contributed by atoms with Crippen molar-refractivity contribution in [3.8, 4) is 0 Å². The molecular formula is C12H13FN2O2. The summed E-state index contributed by atoms with van der Waals surface area (Å²) in [5.74, 6) is 0.959. The molecule has 3 rings (SSSR count). The summed E-state index contributed by atoms with van der Waals surface area (Å²) in [5.41, 5.74) is 0.326. The number of nitro groups is 1.